The standard InChI is InChI=1S/C17H18BrNO3/c1-12-9-15(7-8-16(12)18)22-11-17(20)19-10-13-3-5-14(21-2)6-4-13/h3-9H,10-11H2,1-2H3,(H,19,20). The summed E-state index contributed by atoms with van der Waals surface area (Å²) in [6.07, 6.45) is 0. The monoisotopic (exact) mass is 363 g/mol. The number of benzene rings is 2. The van der Waals surface area contributed by atoms with Gasteiger partial charge in [0, 0.05) is 11.0 Å². The summed E-state index contributed by atoms with van der Waals surface area (Å²) in [5.74, 6) is 1.32. The fraction of sp³-hybridized carbons (Fsp3) is 0.235. The lowest BCUT2D eigenvalue weighted by atomic mass is 10.2. The molecule has 0 saturated heterocycles. The summed E-state index contributed by atoms with van der Waals surface area (Å²) in [7, 11) is 1.62. The lowest BCUT2D eigenvalue weighted by Crippen LogP contribution is -2.28. The average molecular weight is 364 g/mol. The Morgan fingerprint density at radius 1 is 1.14 bits per heavy atom. The Bertz CT molecular complexity index is 641. The van der Waals surface area contributed by atoms with Crippen LogP contribution >= 0.6 is 15.9 Å². The Balaban J connectivity index is 1.78. The van der Waals surface area contributed by atoms with E-state index in [1.54, 1.807) is 7.11 Å². The van der Waals surface area contributed by atoms with E-state index in [0.717, 1.165) is 21.3 Å². The summed E-state index contributed by atoms with van der Waals surface area (Å²) < 4.78 is 11.6. The second kappa shape index (κ2) is 7.84. The van der Waals surface area contributed by atoms with Gasteiger partial charge in [-0.2, -0.15) is 0 Å². The van der Waals surface area contributed by atoms with E-state index in [1.165, 1.54) is 0 Å². The number of aryl methyl sites for hydroxylation is 1. The van der Waals surface area contributed by atoms with Crippen LogP contribution in [0.1, 0.15) is 11.1 Å². The van der Waals surface area contributed by atoms with Crippen molar-refractivity contribution in [3.8, 4) is 11.5 Å². The topological polar surface area (TPSA) is 47.6 Å². The van der Waals surface area contributed by atoms with Gasteiger partial charge in [-0.3, -0.25) is 4.79 Å². The van der Waals surface area contributed by atoms with Gasteiger partial charge < -0.3 is 14.8 Å². The van der Waals surface area contributed by atoms with Crippen LogP contribution in [0.4, 0.5) is 0 Å². The number of halogens is 1. The quantitative estimate of drug-likeness (QED) is 0.854. The number of hydrogen-bond acceptors (Lipinski definition) is 3. The molecule has 0 spiro atoms. The summed E-state index contributed by atoms with van der Waals surface area (Å²) in [5.41, 5.74) is 2.07. The van der Waals surface area contributed by atoms with E-state index in [1.807, 2.05) is 49.4 Å². The SMILES string of the molecule is COc1ccc(CNC(=O)COc2ccc(Br)c(C)c2)cc1. The van der Waals surface area contributed by atoms with Crippen LogP contribution in [0.3, 0.4) is 0 Å². The molecule has 0 unspecified atom stereocenters. The van der Waals surface area contributed by atoms with Crippen molar-refractivity contribution < 1.29 is 14.3 Å². The minimum Gasteiger partial charge on any atom is -0.497 e. The van der Waals surface area contributed by atoms with Crippen molar-refractivity contribution in [2.24, 2.45) is 0 Å². The van der Waals surface area contributed by atoms with E-state index in [-0.39, 0.29) is 12.5 Å². The number of amides is 1. The van der Waals surface area contributed by atoms with E-state index in [9.17, 15) is 4.79 Å². The number of methoxy groups -OCH3 is 1. The minimum atomic E-state index is -0.156. The van der Waals surface area contributed by atoms with E-state index in [2.05, 4.69) is 21.2 Å². The van der Waals surface area contributed by atoms with E-state index in [4.69, 9.17) is 9.47 Å². The molecular formula is C17H18BrNO3. The molecule has 0 aliphatic rings. The maximum Gasteiger partial charge on any atom is 0.258 e. The second-order valence-corrected chi connectivity index (χ2v) is 5.68. The molecule has 0 bridgehead atoms. The Kier molecular flexibility index (Phi) is 5.83. The Morgan fingerprint density at radius 2 is 1.82 bits per heavy atom. The molecule has 0 aliphatic heterocycles. The van der Waals surface area contributed by atoms with Gasteiger partial charge in [-0.05, 0) is 48.4 Å². The largest absolute Gasteiger partial charge is 0.497 e. The number of carbonyl (C=O) groups excluding carboxylic acids is 1. The first-order valence-electron chi connectivity index (χ1n) is 6.87. The number of nitrogens with one attached hydrogen (secondary N) is 1. The number of rotatable bonds is 6. The smallest absolute Gasteiger partial charge is 0.258 e. The molecule has 0 heterocycles. The maximum atomic E-state index is 11.8. The van der Waals surface area contributed by atoms with Gasteiger partial charge in [-0.1, -0.05) is 28.1 Å². The van der Waals surface area contributed by atoms with E-state index >= 15 is 0 Å². The summed E-state index contributed by atoms with van der Waals surface area (Å²) >= 11 is 3.43. The predicted octanol–water partition coefficient (Wildman–Crippen LogP) is 3.46. The number of ether oxygens (including phenoxy) is 2. The van der Waals surface area contributed by atoms with Crippen molar-refractivity contribution in [3.05, 3.63) is 58.1 Å². The van der Waals surface area contributed by atoms with Gasteiger partial charge in [0.15, 0.2) is 6.61 Å². The summed E-state index contributed by atoms with van der Waals surface area (Å²) in [6.45, 7) is 2.43. The van der Waals surface area contributed by atoms with Crippen molar-refractivity contribution in [3.63, 3.8) is 0 Å². The zero-order chi connectivity index (χ0) is 15.9. The molecule has 2 aromatic rings. The third-order valence-electron chi connectivity index (χ3n) is 3.15. The summed E-state index contributed by atoms with van der Waals surface area (Å²) in [6, 6.07) is 13.2. The molecule has 0 radical (unpaired) electrons. The molecule has 1 N–H and O–H groups in total. The van der Waals surface area contributed by atoms with Gasteiger partial charge in [0.1, 0.15) is 11.5 Å². The van der Waals surface area contributed by atoms with Gasteiger partial charge in [0.2, 0.25) is 0 Å². The van der Waals surface area contributed by atoms with Crippen LogP contribution in [0, 0.1) is 6.92 Å². The summed E-state index contributed by atoms with van der Waals surface area (Å²) in [4.78, 5) is 11.8. The Hall–Kier alpha value is -2.01. The van der Waals surface area contributed by atoms with E-state index in [0.29, 0.717) is 12.3 Å². The van der Waals surface area contributed by atoms with Crippen LogP contribution in [0.2, 0.25) is 0 Å². The fourth-order valence-corrected chi connectivity index (χ4v) is 2.10. The molecular weight excluding hydrogens is 346 g/mol. The zero-order valence-electron chi connectivity index (χ0n) is 12.6. The van der Waals surface area contributed by atoms with Gasteiger partial charge in [0.05, 0.1) is 7.11 Å². The van der Waals surface area contributed by atoms with Crippen LogP contribution in [-0.2, 0) is 11.3 Å². The summed E-state index contributed by atoms with van der Waals surface area (Å²) in [5, 5.41) is 2.82. The molecule has 1 amide bonds. The van der Waals surface area contributed by atoms with E-state index < -0.39 is 0 Å². The zero-order valence-corrected chi connectivity index (χ0v) is 14.1. The first-order chi connectivity index (χ1) is 10.6. The maximum absolute atomic E-state index is 11.8. The van der Waals surface area contributed by atoms with Crippen molar-refractivity contribution in [1.82, 2.24) is 5.32 Å². The van der Waals surface area contributed by atoms with Crippen molar-refractivity contribution in [1.29, 1.82) is 0 Å². The van der Waals surface area contributed by atoms with Crippen molar-refractivity contribution in [2.75, 3.05) is 13.7 Å². The molecule has 116 valence electrons. The predicted molar refractivity (Wildman–Crippen MR) is 89.2 cm³/mol. The van der Waals surface area contributed by atoms with Gasteiger partial charge >= 0.3 is 0 Å². The number of hydrogen-bond donors (Lipinski definition) is 1. The molecule has 22 heavy (non-hydrogen) atoms. The first-order valence-corrected chi connectivity index (χ1v) is 7.66. The molecule has 5 heteroatoms. The molecule has 0 fully saturated rings. The normalized spacial score (nSPS) is 10.1. The van der Waals surface area contributed by atoms with Crippen LogP contribution < -0.4 is 14.8 Å². The highest BCUT2D eigenvalue weighted by molar-refractivity contribution is 9.10. The van der Waals surface area contributed by atoms with Crippen molar-refractivity contribution >= 4 is 21.8 Å². The third kappa shape index (κ3) is 4.77. The number of carbonyl (C=O) groups is 1. The average Bonchev–Trinajstić information content (AvgIpc) is 2.54. The Labute approximate surface area is 138 Å². The van der Waals surface area contributed by atoms with Crippen LogP contribution in [-0.4, -0.2) is 19.6 Å². The molecule has 0 aliphatic carbocycles. The minimum absolute atomic E-state index is 0.00275. The third-order valence-corrected chi connectivity index (χ3v) is 4.04. The van der Waals surface area contributed by atoms with Crippen LogP contribution in [0.15, 0.2) is 46.9 Å². The van der Waals surface area contributed by atoms with Crippen LogP contribution in [0.25, 0.3) is 0 Å². The molecule has 0 saturated carbocycles. The molecule has 0 aromatic heterocycles. The molecule has 4 nitrogen and oxygen atoms in total. The highest BCUT2D eigenvalue weighted by Gasteiger charge is 2.04. The van der Waals surface area contributed by atoms with Crippen LogP contribution in [0.5, 0.6) is 11.5 Å². The fourth-order valence-electron chi connectivity index (χ4n) is 1.85. The van der Waals surface area contributed by atoms with Gasteiger partial charge in [-0.15, -0.1) is 0 Å². The van der Waals surface area contributed by atoms with Gasteiger partial charge in [0.25, 0.3) is 5.91 Å². The molecule has 2 aromatic carbocycles. The first kappa shape index (κ1) is 16.4. The lowest BCUT2D eigenvalue weighted by Gasteiger charge is -2.09. The van der Waals surface area contributed by atoms with Crippen molar-refractivity contribution in [2.45, 2.75) is 13.5 Å². The lowest BCUT2D eigenvalue weighted by molar-refractivity contribution is -0.123. The second-order valence-electron chi connectivity index (χ2n) is 4.82. The molecule has 2 rings (SSSR count). The Morgan fingerprint density at radius 3 is 2.45 bits per heavy atom. The highest BCUT2D eigenvalue weighted by Crippen LogP contribution is 2.21. The van der Waals surface area contributed by atoms with Gasteiger partial charge in [-0.25, -0.2) is 0 Å². The molecule has 0 atom stereocenters. The highest BCUT2D eigenvalue weighted by atomic mass is 79.9.